The summed E-state index contributed by atoms with van der Waals surface area (Å²) in [7, 11) is -2.69. The van der Waals surface area contributed by atoms with E-state index in [0.29, 0.717) is 13.2 Å². The minimum absolute atomic E-state index is 0.150. The second kappa shape index (κ2) is 5.11. The Kier molecular flexibility index (Phi) is 3.49. The van der Waals surface area contributed by atoms with Crippen molar-refractivity contribution in [2.45, 2.75) is 13.0 Å². The van der Waals surface area contributed by atoms with Gasteiger partial charge < -0.3 is 13.3 Å². The quantitative estimate of drug-likeness (QED) is 0.696. The monoisotopic (exact) mass is 265 g/mol. The Morgan fingerprint density at radius 2 is 1.78 bits per heavy atom. The summed E-state index contributed by atoms with van der Waals surface area (Å²) in [6, 6.07) is 10.1. The van der Waals surface area contributed by atoms with E-state index in [0.717, 1.165) is 24.8 Å². The minimum Gasteiger partial charge on any atom is -0.369 e. The van der Waals surface area contributed by atoms with E-state index in [-0.39, 0.29) is 6.10 Å². The van der Waals surface area contributed by atoms with Crippen LogP contribution in [0.1, 0.15) is 6.92 Å². The van der Waals surface area contributed by atoms with Crippen LogP contribution in [0.4, 0.5) is 0 Å². The van der Waals surface area contributed by atoms with Crippen LogP contribution in [0.25, 0.3) is 0 Å². The fourth-order valence-corrected chi connectivity index (χ4v) is 5.18. The van der Waals surface area contributed by atoms with Gasteiger partial charge in [0.1, 0.15) is 0 Å². The molecule has 98 valence electrons. The fourth-order valence-electron chi connectivity index (χ4n) is 2.57. The lowest BCUT2D eigenvalue weighted by molar-refractivity contribution is -0.0265. The van der Waals surface area contributed by atoms with Gasteiger partial charge in [0, 0.05) is 24.8 Å². The highest BCUT2D eigenvalue weighted by atomic mass is 28.4. The number of hydrogen-bond acceptors (Lipinski definition) is 4. The van der Waals surface area contributed by atoms with Crippen molar-refractivity contribution in [2.75, 3.05) is 32.8 Å². The van der Waals surface area contributed by atoms with Crippen LogP contribution in [0.15, 0.2) is 30.3 Å². The van der Waals surface area contributed by atoms with Crippen LogP contribution in [0, 0.1) is 0 Å². The van der Waals surface area contributed by atoms with Crippen LogP contribution in [-0.2, 0) is 13.3 Å². The summed E-state index contributed by atoms with van der Waals surface area (Å²) in [5, 5.41) is 1.08. The number of hydrogen-bond donors (Lipinski definition) is 0. The highest BCUT2D eigenvalue weighted by Gasteiger charge is 2.47. The molecule has 0 aliphatic carbocycles. The van der Waals surface area contributed by atoms with Gasteiger partial charge in [-0.05, 0) is 6.92 Å². The summed E-state index contributed by atoms with van der Waals surface area (Å²) in [5.41, 5.74) is 0. The summed E-state index contributed by atoms with van der Waals surface area (Å²) < 4.78 is 18.3. The standard InChI is InChI=1S/C13H19NO3Si/c1-12-11-14-7-9-15-18(17-12,16-10-8-14)13-5-3-2-4-6-13/h2-6,12H,7-11H2,1H3. The van der Waals surface area contributed by atoms with Crippen molar-refractivity contribution in [2.24, 2.45) is 0 Å². The Morgan fingerprint density at radius 1 is 1.11 bits per heavy atom. The summed E-state index contributed by atoms with van der Waals surface area (Å²) in [6.45, 7) is 6.38. The second-order valence-electron chi connectivity index (χ2n) is 4.85. The highest BCUT2D eigenvalue weighted by Crippen LogP contribution is 2.19. The fraction of sp³-hybridized carbons (Fsp3) is 0.538. The third-order valence-corrected chi connectivity index (χ3v) is 6.32. The lowest BCUT2D eigenvalue weighted by atomic mass is 10.3. The van der Waals surface area contributed by atoms with Gasteiger partial charge in [-0.1, -0.05) is 30.3 Å². The van der Waals surface area contributed by atoms with Crippen LogP contribution in [0.3, 0.4) is 0 Å². The van der Waals surface area contributed by atoms with Gasteiger partial charge in [-0.15, -0.1) is 0 Å². The predicted octanol–water partition coefficient (Wildman–Crippen LogP) is 0.600. The molecule has 0 radical (unpaired) electrons. The normalized spacial score (nSPS) is 36.7. The van der Waals surface area contributed by atoms with Crippen molar-refractivity contribution >= 4 is 14.0 Å². The van der Waals surface area contributed by atoms with Crippen molar-refractivity contribution in [1.29, 1.82) is 0 Å². The first kappa shape index (κ1) is 12.3. The minimum atomic E-state index is -2.69. The van der Waals surface area contributed by atoms with E-state index in [4.69, 9.17) is 13.3 Å². The molecule has 2 bridgehead atoms. The summed E-state index contributed by atoms with van der Waals surface area (Å²) in [5.74, 6) is 0. The summed E-state index contributed by atoms with van der Waals surface area (Å²) in [6.07, 6.45) is 0.150. The molecule has 0 N–H and O–H groups in total. The molecule has 0 aromatic heterocycles. The van der Waals surface area contributed by atoms with Gasteiger partial charge in [0.25, 0.3) is 0 Å². The zero-order valence-corrected chi connectivity index (χ0v) is 11.7. The van der Waals surface area contributed by atoms with Crippen LogP contribution in [0.5, 0.6) is 0 Å². The van der Waals surface area contributed by atoms with Crippen molar-refractivity contribution in [3.05, 3.63) is 30.3 Å². The number of nitrogens with zero attached hydrogens (tertiary/aromatic N) is 1. The molecule has 0 amide bonds. The van der Waals surface area contributed by atoms with Gasteiger partial charge >= 0.3 is 8.80 Å². The topological polar surface area (TPSA) is 30.9 Å². The number of rotatable bonds is 1. The molecular formula is C13H19NO3Si. The summed E-state index contributed by atoms with van der Waals surface area (Å²) in [4.78, 5) is 2.34. The molecule has 3 heterocycles. The Balaban J connectivity index is 1.95. The molecule has 1 aromatic rings. The molecule has 3 aliphatic heterocycles. The SMILES string of the molecule is CC1CN2CCO[Si](c3ccccc3)(OCC2)O1. The van der Waals surface area contributed by atoms with Gasteiger partial charge in [-0.25, -0.2) is 0 Å². The third kappa shape index (κ3) is 2.37. The summed E-state index contributed by atoms with van der Waals surface area (Å²) >= 11 is 0. The lowest BCUT2D eigenvalue weighted by Crippen LogP contribution is -2.63. The van der Waals surface area contributed by atoms with E-state index < -0.39 is 8.80 Å². The first-order valence-corrected chi connectivity index (χ1v) is 8.25. The first-order chi connectivity index (χ1) is 8.78. The molecule has 3 saturated heterocycles. The predicted molar refractivity (Wildman–Crippen MR) is 70.7 cm³/mol. The molecule has 4 nitrogen and oxygen atoms in total. The number of benzene rings is 1. The molecule has 3 fully saturated rings. The van der Waals surface area contributed by atoms with E-state index >= 15 is 0 Å². The second-order valence-corrected chi connectivity index (χ2v) is 7.35. The van der Waals surface area contributed by atoms with Gasteiger partial charge in [-0.2, -0.15) is 0 Å². The zero-order valence-electron chi connectivity index (χ0n) is 10.7. The average molecular weight is 265 g/mol. The largest absolute Gasteiger partial charge is 0.537 e. The molecule has 4 rings (SSSR count). The Morgan fingerprint density at radius 3 is 2.44 bits per heavy atom. The third-order valence-electron chi connectivity index (χ3n) is 3.40. The van der Waals surface area contributed by atoms with Gasteiger partial charge in [0.15, 0.2) is 0 Å². The molecule has 0 saturated carbocycles. The average Bonchev–Trinajstić information content (AvgIpc) is 2.32. The van der Waals surface area contributed by atoms with E-state index in [2.05, 4.69) is 24.0 Å². The maximum Gasteiger partial charge on any atom is 0.537 e. The molecule has 18 heavy (non-hydrogen) atoms. The maximum atomic E-state index is 6.19. The van der Waals surface area contributed by atoms with E-state index in [1.54, 1.807) is 0 Å². The first-order valence-electron chi connectivity index (χ1n) is 6.52. The smallest absolute Gasteiger partial charge is 0.369 e. The molecule has 0 spiro atoms. The number of fused-ring (bicyclic) bond motifs is 6. The maximum absolute atomic E-state index is 6.19. The van der Waals surface area contributed by atoms with E-state index in [1.807, 2.05) is 18.2 Å². The van der Waals surface area contributed by atoms with Gasteiger partial charge in [0.05, 0.1) is 19.3 Å². The van der Waals surface area contributed by atoms with Crippen molar-refractivity contribution in [3.63, 3.8) is 0 Å². The van der Waals surface area contributed by atoms with Crippen LogP contribution in [0.2, 0.25) is 0 Å². The lowest BCUT2D eigenvalue weighted by Gasteiger charge is -2.40. The zero-order chi connectivity index (χ0) is 12.4. The Labute approximate surface area is 109 Å². The van der Waals surface area contributed by atoms with Crippen molar-refractivity contribution < 1.29 is 13.3 Å². The molecular weight excluding hydrogens is 246 g/mol. The van der Waals surface area contributed by atoms with Crippen molar-refractivity contribution in [3.8, 4) is 0 Å². The molecule has 1 aromatic carbocycles. The van der Waals surface area contributed by atoms with Gasteiger partial charge in [0.2, 0.25) is 0 Å². The Bertz CT molecular complexity index is 390. The van der Waals surface area contributed by atoms with E-state index in [9.17, 15) is 0 Å². The van der Waals surface area contributed by atoms with E-state index in [1.165, 1.54) is 0 Å². The molecule has 1 atom stereocenters. The molecule has 1 unspecified atom stereocenters. The van der Waals surface area contributed by atoms with Gasteiger partial charge in [-0.3, -0.25) is 4.90 Å². The molecule has 3 aliphatic rings. The highest BCUT2D eigenvalue weighted by molar-refractivity contribution is 6.75. The van der Waals surface area contributed by atoms with Crippen LogP contribution in [-0.4, -0.2) is 52.7 Å². The Hall–Kier alpha value is -0.723. The van der Waals surface area contributed by atoms with Crippen molar-refractivity contribution in [1.82, 2.24) is 4.90 Å². The van der Waals surface area contributed by atoms with Crippen LogP contribution < -0.4 is 5.19 Å². The molecule has 5 heteroatoms. The van der Waals surface area contributed by atoms with Crippen LogP contribution >= 0.6 is 0 Å².